The zero-order chi connectivity index (χ0) is 15.5. The highest BCUT2D eigenvalue weighted by Gasteiger charge is 2.35. The topological polar surface area (TPSA) is 55.8 Å². The first-order valence-electron chi connectivity index (χ1n) is 7.52. The van der Waals surface area contributed by atoms with Gasteiger partial charge in [-0.25, -0.2) is 4.79 Å². The molecule has 1 unspecified atom stereocenters. The maximum Gasteiger partial charge on any atom is 0.335 e. The quantitative estimate of drug-likeness (QED) is 0.884. The standard InChI is InChI=1S/C17H21N3O2/c1-19-10-11-20(15(12-19)13-6-3-2-4-7-13)16-14(17(21)22)8-5-9-18-16/h2-9,15-16,18H,10-12H2,1H3,(H,21,22)/t15-,16?/m0/s1. The third kappa shape index (κ3) is 2.91. The van der Waals surface area contributed by atoms with Crippen molar-refractivity contribution < 1.29 is 9.90 Å². The molecule has 2 aliphatic rings. The van der Waals surface area contributed by atoms with Crippen LogP contribution in [0.5, 0.6) is 0 Å². The molecule has 1 fully saturated rings. The normalized spacial score (nSPS) is 26.3. The second-order valence-electron chi connectivity index (χ2n) is 5.78. The number of allylic oxidation sites excluding steroid dienone is 2. The van der Waals surface area contributed by atoms with E-state index in [2.05, 4.69) is 34.3 Å². The molecule has 0 bridgehead atoms. The summed E-state index contributed by atoms with van der Waals surface area (Å²) in [4.78, 5) is 16.1. The molecule has 1 aromatic carbocycles. The van der Waals surface area contributed by atoms with Gasteiger partial charge >= 0.3 is 5.97 Å². The number of dihydropyridines is 1. The summed E-state index contributed by atoms with van der Waals surface area (Å²) in [5.74, 6) is -0.868. The van der Waals surface area contributed by atoms with Gasteiger partial charge in [0, 0.05) is 25.7 Å². The molecule has 5 heteroatoms. The number of rotatable bonds is 3. The fraction of sp³-hybridized carbons (Fsp3) is 0.353. The van der Waals surface area contributed by atoms with Crippen LogP contribution in [-0.4, -0.2) is 53.7 Å². The minimum absolute atomic E-state index is 0.173. The molecule has 0 aliphatic carbocycles. The van der Waals surface area contributed by atoms with E-state index < -0.39 is 5.97 Å². The van der Waals surface area contributed by atoms with Crippen molar-refractivity contribution in [3.63, 3.8) is 0 Å². The van der Waals surface area contributed by atoms with Gasteiger partial charge in [-0.3, -0.25) is 4.90 Å². The number of nitrogens with zero attached hydrogens (tertiary/aromatic N) is 2. The number of carboxylic acid groups (broad SMARTS) is 1. The number of likely N-dealkylation sites (N-methyl/N-ethyl adjacent to an activating group) is 1. The van der Waals surface area contributed by atoms with Gasteiger partial charge in [0.2, 0.25) is 0 Å². The Bertz CT molecular complexity index is 597. The van der Waals surface area contributed by atoms with Gasteiger partial charge < -0.3 is 15.3 Å². The average molecular weight is 299 g/mol. The number of hydrogen-bond acceptors (Lipinski definition) is 4. The van der Waals surface area contributed by atoms with Gasteiger partial charge in [0.15, 0.2) is 0 Å². The zero-order valence-corrected chi connectivity index (χ0v) is 12.6. The number of nitrogens with one attached hydrogen (secondary N) is 1. The molecule has 22 heavy (non-hydrogen) atoms. The molecule has 2 aliphatic heterocycles. The van der Waals surface area contributed by atoms with E-state index in [0.717, 1.165) is 19.6 Å². The molecule has 5 nitrogen and oxygen atoms in total. The van der Waals surface area contributed by atoms with Gasteiger partial charge in [0.05, 0.1) is 5.57 Å². The molecule has 116 valence electrons. The summed E-state index contributed by atoms with van der Waals surface area (Å²) in [6, 6.07) is 10.5. The second kappa shape index (κ2) is 6.34. The molecule has 0 radical (unpaired) electrons. The Morgan fingerprint density at radius 1 is 1.27 bits per heavy atom. The van der Waals surface area contributed by atoms with Crippen molar-refractivity contribution in [2.24, 2.45) is 0 Å². The Morgan fingerprint density at radius 2 is 2.05 bits per heavy atom. The first-order valence-corrected chi connectivity index (χ1v) is 7.52. The molecule has 0 aromatic heterocycles. The fourth-order valence-electron chi connectivity index (χ4n) is 3.16. The molecule has 2 heterocycles. The van der Waals surface area contributed by atoms with E-state index in [0.29, 0.717) is 5.57 Å². The van der Waals surface area contributed by atoms with E-state index in [1.165, 1.54) is 5.56 Å². The van der Waals surface area contributed by atoms with Crippen molar-refractivity contribution in [1.29, 1.82) is 0 Å². The third-order valence-corrected chi connectivity index (χ3v) is 4.31. The monoisotopic (exact) mass is 299 g/mol. The summed E-state index contributed by atoms with van der Waals surface area (Å²) >= 11 is 0. The Morgan fingerprint density at radius 3 is 2.77 bits per heavy atom. The minimum atomic E-state index is -0.868. The summed E-state index contributed by atoms with van der Waals surface area (Å²) in [6.07, 6.45) is 4.95. The van der Waals surface area contributed by atoms with E-state index in [9.17, 15) is 9.90 Å². The number of benzene rings is 1. The summed E-state index contributed by atoms with van der Waals surface area (Å²) in [7, 11) is 2.11. The summed E-state index contributed by atoms with van der Waals surface area (Å²) in [5.41, 5.74) is 1.61. The highest BCUT2D eigenvalue weighted by atomic mass is 16.4. The van der Waals surface area contributed by atoms with Crippen LogP contribution in [0.25, 0.3) is 0 Å². The maximum absolute atomic E-state index is 11.5. The second-order valence-corrected chi connectivity index (χ2v) is 5.78. The van der Waals surface area contributed by atoms with Gasteiger partial charge in [-0.1, -0.05) is 30.3 Å². The van der Waals surface area contributed by atoms with E-state index in [4.69, 9.17) is 0 Å². The van der Waals surface area contributed by atoms with Crippen LogP contribution in [0.15, 0.2) is 54.3 Å². The first kappa shape index (κ1) is 14.8. The lowest BCUT2D eigenvalue weighted by atomic mass is 9.99. The maximum atomic E-state index is 11.5. The molecule has 2 atom stereocenters. The molecule has 0 spiro atoms. The van der Waals surface area contributed by atoms with Crippen LogP contribution in [0.2, 0.25) is 0 Å². The Balaban J connectivity index is 1.91. The van der Waals surface area contributed by atoms with Gasteiger partial charge in [-0.15, -0.1) is 0 Å². The predicted molar refractivity (Wildman–Crippen MR) is 85.2 cm³/mol. The predicted octanol–water partition coefficient (Wildman–Crippen LogP) is 1.43. The minimum Gasteiger partial charge on any atom is -0.478 e. The number of piperazine rings is 1. The van der Waals surface area contributed by atoms with Crippen LogP contribution < -0.4 is 5.32 Å². The fourth-order valence-corrected chi connectivity index (χ4v) is 3.16. The Labute approximate surface area is 130 Å². The van der Waals surface area contributed by atoms with Crippen LogP contribution in [0.4, 0.5) is 0 Å². The summed E-state index contributed by atoms with van der Waals surface area (Å²) in [5, 5.41) is 12.7. The van der Waals surface area contributed by atoms with Crippen LogP contribution in [-0.2, 0) is 4.79 Å². The van der Waals surface area contributed by atoms with Gasteiger partial charge in [0.25, 0.3) is 0 Å². The first-order chi connectivity index (χ1) is 10.7. The molecular weight excluding hydrogens is 278 g/mol. The number of carbonyl (C=O) groups is 1. The number of carboxylic acids is 1. The molecule has 0 amide bonds. The van der Waals surface area contributed by atoms with Crippen LogP contribution in [0.1, 0.15) is 11.6 Å². The largest absolute Gasteiger partial charge is 0.478 e. The highest BCUT2D eigenvalue weighted by Crippen LogP contribution is 2.29. The molecule has 3 rings (SSSR count). The van der Waals surface area contributed by atoms with Crippen molar-refractivity contribution in [3.8, 4) is 0 Å². The molecule has 0 saturated carbocycles. The Kier molecular flexibility index (Phi) is 4.27. The lowest BCUT2D eigenvalue weighted by Gasteiger charge is -2.45. The third-order valence-electron chi connectivity index (χ3n) is 4.31. The molecular formula is C17H21N3O2. The smallest absolute Gasteiger partial charge is 0.335 e. The number of aliphatic carboxylic acids is 1. The van der Waals surface area contributed by atoms with E-state index in [1.54, 1.807) is 12.2 Å². The molecule has 1 aromatic rings. The lowest BCUT2D eigenvalue weighted by Crippen LogP contribution is -2.56. The Hall–Kier alpha value is -2.11. The molecule has 1 saturated heterocycles. The summed E-state index contributed by atoms with van der Waals surface area (Å²) < 4.78 is 0. The summed E-state index contributed by atoms with van der Waals surface area (Å²) in [6.45, 7) is 2.64. The van der Waals surface area contributed by atoms with Crippen LogP contribution >= 0.6 is 0 Å². The van der Waals surface area contributed by atoms with Gasteiger partial charge in [-0.05, 0) is 31.0 Å². The van der Waals surface area contributed by atoms with Gasteiger partial charge in [-0.2, -0.15) is 0 Å². The van der Waals surface area contributed by atoms with Gasteiger partial charge in [0.1, 0.15) is 6.17 Å². The van der Waals surface area contributed by atoms with E-state index in [1.807, 2.05) is 24.4 Å². The van der Waals surface area contributed by atoms with Crippen molar-refractivity contribution in [2.45, 2.75) is 12.2 Å². The highest BCUT2D eigenvalue weighted by molar-refractivity contribution is 5.88. The lowest BCUT2D eigenvalue weighted by molar-refractivity contribution is -0.133. The average Bonchev–Trinajstić information content (AvgIpc) is 2.55. The SMILES string of the molecule is CN1CCN(C2NC=CC=C2C(=O)O)[C@H](c2ccccc2)C1. The number of hydrogen-bond donors (Lipinski definition) is 2. The van der Waals surface area contributed by atoms with E-state index in [-0.39, 0.29) is 12.2 Å². The van der Waals surface area contributed by atoms with Crippen molar-refractivity contribution >= 4 is 5.97 Å². The molecule has 2 N–H and O–H groups in total. The van der Waals surface area contributed by atoms with Crippen molar-refractivity contribution in [1.82, 2.24) is 15.1 Å². The van der Waals surface area contributed by atoms with E-state index >= 15 is 0 Å². The zero-order valence-electron chi connectivity index (χ0n) is 12.6. The van der Waals surface area contributed by atoms with Crippen LogP contribution in [0, 0.1) is 0 Å². The van der Waals surface area contributed by atoms with Crippen LogP contribution in [0.3, 0.4) is 0 Å². The van der Waals surface area contributed by atoms with Crippen molar-refractivity contribution in [2.75, 3.05) is 26.7 Å². The van der Waals surface area contributed by atoms with Crippen molar-refractivity contribution in [3.05, 3.63) is 59.8 Å².